The molecule has 0 saturated carbocycles. The van der Waals surface area contributed by atoms with E-state index in [4.69, 9.17) is 0 Å². The summed E-state index contributed by atoms with van der Waals surface area (Å²) in [6.45, 7) is 10.4. The SMILES string of the molecule is CCC(CC)NC(=O)C(C)Nc1cccc(C(C)C)c1. The fraction of sp³-hybridized carbons (Fsp3) is 0.588. The van der Waals surface area contributed by atoms with E-state index >= 15 is 0 Å². The van der Waals surface area contributed by atoms with Crippen LogP contribution in [0.3, 0.4) is 0 Å². The van der Waals surface area contributed by atoms with Crippen molar-refractivity contribution in [1.29, 1.82) is 0 Å². The number of amides is 1. The van der Waals surface area contributed by atoms with Gasteiger partial charge in [-0.3, -0.25) is 4.79 Å². The minimum atomic E-state index is -0.224. The normalized spacial score (nSPS) is 12.6. The van der Waals surface area contributed by atoms with Crippen molar-refractivity contribution in [3.8, 4) is 0 Å². The molecule has 1 aromatic carbocycles. The summed E-state index contributed by atoms with van der Waals surface area (Å²) in [6, 6.07) is 8.32. The van der Waals surface area contributed by atoms with Gasteiger partial charge in [0.2, 0.25) is 5.91 Å². The molecule has 0 radical (unpaired) electrons. The molecule has 1 aromatic rings. The number of anilines is 1. The Balaban J connectivity index is 2.63. The number of carbonyl (C=O) groups excluding carboxylic acids is 1. The lowest BCUT2D eigenvalue weighted by molar-refractivity contribution is -0.122. The van der Waals surface area contributed by atoms with E-state index in [1.165, 1.54) is 5.56 Å². The van der Waals surface area contributed by atoms with Crippen LogP contribution in [-0.2, 0) is 4.79 Å². The van der Waals surface area contributed by atoms with Gasteiger partial charge < -0.3 is 10.6 Å². The number of hydrogen-bond acceptors (Lipinski definition) is 2. The van der Waals surface area contributed by atoms with E-state index in [0.29, 0.717) is 5.92 Å². The fourth-order valence-corrected chi connectivity index (χ4v) is 2.12. The lowest BCUT2D eigenvalue weighted by atomic mass is 10.0. The molecule has 0 fully saturated rings. The highest BCUT2D eigenvalue weighted by Gasteiger charge is 2.15. The average molecular weight is 276 g/mol. The maximum absolute atomic E-state index is 12.1. The van der Waals surface area contributed by atoms with Crippen LogP contribution in [0.5, 0.6) is 0 Å². The van der Waals surface area contributed by atoms with Gasteiger partial charge in [0.05, 0.1) is 0 Å². The van der Waals surface area contributed by atoms with Gasteiger partial charge in [0.25, 0.3) is 0 Å². The first-order valence-corrected chi connectivity index (χ1v) is 7.64. The molecule has 0 bridgehead atoms. The molecule has 3 heteroatoms. The zero-order valence-electron chi connectivity index (χ0n) is 13.4. The Morgan fingerprint density at radius 2 is 1.80 bits per heavy atom. The molecule has 0 aromatic heterocycles. The quantitative estimate of drug-likeness (QED) is 0.792. The fourth-order valence-electron chi connectivity index (χ4n) is 2.12. The standard InChI is InChI=1S/C17H28N2O/c1-6-15(7-2)19-17(20)13(5)18-16-10-8-9-14(11-16)12(3)4/h8-13,15,18H,6-7H2,1-5H3,(H,19,20). The average Bonchev–Trinajstić information content (AvgIpc) is 2.44. The van der Waals surface area contributed by atoms with Gasteiger partial charge in [0, 0.05) is 11.7 Å². The van der Waals surface area contributed by atoms with Crippen molar-refractivity contribution in [2.45, 2.75) is 65.5 Å². The van der Waals surface area contributed by atoms with Gasteiger partial charge in [-0.2, -0.15) is 0 Å². The third-order valence-electron chi connectivity index (χ3n) is 3.66. The van der Waals surface area contributed by atoms with Crippen LogP contribution in [0.25, 0.3) is 0 Å². The van der Waals surface area contributed by atoms with Crippen molar-refractivity contribution < 1.29 is 4.79 Å². The highest BCUT2D eigenvalue weighted by molar-refractivity contribution is 5.84. The van der Waals surface area contributed by atoms with Crippen molar-refractivity contribution in [3.05, 3.63) is 29.8 Å². The summed E-state index contributed by atoms with van der Waals surface area (Å²) in [5.74, 6) is 0.555. The largest absolute Gasteiger partial charge is 0.374 e. The summed E-state index contributed by atoms with van der Waals surface area (Å²) in [5.41, 5.74) is 2.28. The van der Waals surface area contributed by atoms with E-state index in [1.54, 1.807) is 0 Å². The Bertz CT molecular complexity index is 425. The minimum absolute atomic E-state index is 0.0636. The highest BCUT2D eigenvalue weighted by Crippen LogP contribution is 2.19. The van der Waals surface area contributed by atoms with E-state index in [1.807, 2.05) is 19.1 Å². The summed E-state index contributed by atoms with van der Waals surface area (Å²) in [4.78, 5) is 12.1. The number of nitrogens with one attached hydrogen (secondary N) is 2. The number of rotatable bonds is 7. The minimum Gasteiger partial charge on any atom is -0.374 e. The number of hydrogen-bond donors (Lipinski definition) is 2. The monoisotopic (exact) mass is 276 g/mol. The molecule has 3 nitrogen and oxygen atoms in total. The van der Waals surface area contributed by atoms with Gasteiger partial charge in [-0.15, -0.1) is 0 Å². The Morgan fingerprint density at radius 1 is 1.15 bits per heavy atom. The Labute approximate surface area is 123 Å². The molecule has 0 heterocycles. The summed E-state index contributed by atoms with van der Waals surface area (Å²) >= 11 is 0. The van der Waals surface area contributed by atoms with Crippen LogP contribution in [0, 0.1) is 0 Å². The lowest BCUT2D eigenvalue weighted by Crippen LogP contribution is -2.42. The summed E-state index contributed by atoms with van der Waals surface area (Å²) < 4.78 is 0. The molecule has 0 spiro atoms. The van der Waals surface area contributed by atoms with Crippen LogP contribution in [0.15, 0.2) is 24.3 Å². The predicted octanol–water partition coefficient (Wildman–Crippen LogP) is 3.92. The predicted molar refractivity (Wildman–Crippen MR) is 86.1 cm³/mol. The molecule has 1 unspecified atom stereocenters. The van der Waals surface area contributed by atoms with E-state index in [2.05, 4.69) is 50.5 Å². The second-order valence-electron chi connectivity index (χ2n) is 5.67. The smallest absolute Gasteiger partial charge is 0.242 e. The molecule has 0 saturated heterocycles. The van der Waals surface area contributed by atoms with Crippen molar-refractivity contribution in [1.82, 2.24) is 5.32 Å². The van der Waals surface area contributed by atoms with Gasteiger partial charge in [0.1, 0.15) is 6.04 Å². The van der Waals surface area contributed by atoms with E-state index < -0.39 is 0 Å². The van der Waals surface area contributed by atoms with Crippen molar-refractivity contribution in [3.63, 3.8) is 0 Å². The van der Waals surface area contributed by atoms with Gasteiger partial charge in [-0.1, -0.05) is 39.8 Å². The van der Waals surface area contributed by atoms with Crippen molar-refractivity contribution in [2.24, 2.45) is 0 Å². The molecule has 112 valence electrons. The van der Waals surface area contributed by atoms with Crippen LogP contribution in [0.1, 0.15) is 58.9 Å². The van der Waals surface area contributed by atoms with Crippen molar-refractivity contribution >= 4 is 11.6 Å². The van der Waals surface area contributed by atoms with Crippen LogP contribution in [-0.4, -0.2) is 18.0 Å². The van der Waals surface area contributed by atoms with E-state index in [9.17, 15) is 4.79 Å². The number of benzene rings is 1. The van der Waals surface area contributed by atoms with Crippen LogP contribution in [0.4, 0.5) is 5.69 Å². The third-order valence-corrected chi connectivity index (χ3v) is 3.66. The summed E-state index contributed by atoms with van der Waals surface area (Å²) in [5, 5.41) is 6.35. The summed E-state index contributed by atoms with van der Waals surface area (Å²) in [6.07, 6.45) is 1.94. The first kappa shape index (κ1) is 16.5. The Kier molecular flexibility index (Phi) is 6.56. The second-order valence-corrected chi connectivity index (χ2v) is 5.67. The maximum atomic E-state index is 12.1. The number of carbonyl (C=O) groups is 1. The molecule has 20 heavy (non-hydrogen) atoms. The molecule has 1 rings (SSSR count). The molecule has 0 aliphatic rings. The van der Waals surface area contributed by atoms with E-state index in [0.717, 1.165) is 18.5 Å². The van der Waals surface area contributed by atoms with Crippen LogP contribution < -0.4 is 10.6 Å². The third kappa shape index (κ3) is 4.87. The first-order chi connectivity index (χ1) is 9.47. The lowest BCUT2D eigenvalue weighted by Gasteiger charge is -2.20. The Hall–Kier alpha value is -1.51. The molecule has 0 aliphatic carbocycles. The Morgan fingerprint density at radius 3 is 2.35 bits per heavy atom. The van der Waals surface area contributed by atoms with E-state index in [-0.39, 0.29) is 18.0 Å². The van der Waals surface area contributed by atoms with Crippen LogP contribution >= 0.6 is 0 Å². The molecule has 0 aliphatic heterocycles. The molecular weight excluding hydrogens is 248 g/mol. The van der Waals surface area contributed by atoms with Crippen molar-refractivity contribution in [2.75, 3.05) is 5.32 Å². The second kappa shape index (κ2) is 7.93. The van der Waals surface area contributed by atoms with Crippen LogP contribution in [0.2, 0.25) is 0 Å². The topological polar surface area (TPSA) is 41.1 Å². The molecule has 1 atom stereocenters. The maximum Gasteiger partial charge on any atom is 0.242 e. The van der Waals surface area contributed by atoms with Gasteiger partial charge in [0.15, 0.2) is 0 Å². The molecule has 2 N–H and O–H groups in total. The van der Waals surface area contributed by atoms with Gasteiger partial charge in [-0.25, -0.2) is 0 Å². The first-order valence-electron chi connectivity index (χ1n) is 7.64. The summed E-state index contributed by atoms with van der Waals surface area (Å²) in [7, 11) is 0. The molecular formula is C17H28N2O. The molecule has 1 amide bonds. The highest BCUT2D eigenvalue weighted by atomic mass is 16.2. The zero-order chi connectivity index (χ0) is 15.1. The van der Waals surface area contributed by atoms with Gasteiger partial charge in [-0.05, 0) is 43.4 Å². The van der Waals surface area contributed by atoms with Gasteiger partial charge >= 0.3 is 0 Å². The zero-order valence-corrected chi connectivity index (χ0v) is 13.4.